The number of alkyl halides is 1. The molecular weight excluding hydrogens is 476 g/mol. The van der Waals surface area contributed by atoms with Crippen LogP contribution in [0.3, 0.4) is 0 Å². The Hall–Kier alpha value is -1.36. The normalized spacial score (nSPS) is 12.2. The summed E-state index contributed by atoms with van der Waals surface area (Å²) >= 11 is 3.50. The van der Waals surface area contributed by atoms with E-state index in [2.05, 4.69) is 73.3 Å². The Bertz CT molecular complexity index is 677. The molecule has 5 heteroatoms. The first-order chi connectivity index (χ1) is 15.8. The first-order valence-corrected chi connectivity index (χ1v) is 14.0. The fraction of sp³-hybridized carbons (Fsp3) is 0.714. The number of halogens is 1. The monoisotopic (exact) mass is 522 g/mol. The van der Waals surface area contributed by atoms with E-state index in [4.69, 9.17) is 0 Å². The Morgan fingerprint density at radius 3 is 1.79 bits per heavy atom. The minimum atomic E-state index is -0.242. The summed E-state index contributed by atoms with van der Waals surface area (Å²) in [5, 5.41) is 5.84. The van der Waals surface area contributed by atoms with Crippen LogP contribution in [0.25, 0.3) is 0 Å². The van der Waals surface area contributed by atoms with Crippen molar-refractivity contribution >= 4 is 33.4 Å². The number of unbranched alkanes of at least 4 members (excludes halogenated alkanes) is 9. The van der Waals surface area contributed by atoms with Crippen LogP contribution in [0.4, 0.5) is 5.69 Å². The van der Waals surface area contributed by atoms with Crippen molar-refractivity contribution < 1.29 is 9.59 Å². The molecule has 188 valence electrons. The predicted molar refractivity (Wildman–Crippen MR) is 145 cm³/mol. The van der Waals surface area contributed by atoms with E-state index in [9.17, 15) is 9.59 Å². The maximum absolute atomic E-state index is 12.6. The van der Waals surface area contributed by atoms with Gasteiger partial charge in [0.05, 0.1) is 11.4 Å². The Morgan fingerprint density at radius 2 is 1.30 bits per heavy atom. The van der Waals surface area contributed by atoms with E-state index in [0.717, 1.165) is 36.1 Å². The van der Waals surface area contributed by atoms with Crippen molar-refractivity contribution in [2.75, 3.05) is 11.9 Å². The Labute approximate surface area is 211 Å². The average Bonchev–Trinajstić information content (AvgIpc) is 2.78. The van der Waals surface area contributed by atoms with Gasteiger partial charge in [0.2, 0.25) is 11.8 Å². The van der Waals surface area contributed by atoms with Gasteiger partial charge in [-0.3, -0.25) is 9.59 Å². The van der Waals surface area contributed by atoms with Gasteiger partial charge in [0.25, 0.3) is 0 Å². The maximum atomic E-state index is 12.6. The molecule has 0 fully saturated rings. The van der Waals surface area contributed by atoms with Gasteiger partial charge in [-0.15, -0.1) is 0 Å². The summed E-state index contributed by atoms with van der Waals surface area (Å²) in [4.78, 5) is 24.8. The van der Waals surface area contributed by atoms with Gasteiger partial charge in [-0.05, 0) is 29.4 Å². The average molecular weight is 524 g/mol. The van der Waals surface area contributed by atoms with E-state index < -0.39 is 0 Å². The Balaban J connectivity index is 2.32. The summed E-state index contributed by atoms with van der Waals surface area (Å²) in [5.74, 6) is 0.322. The third-order valence-corrected chi connectivity index (χ3v) is 7.03. The van der Waals surface area contributed by atoms with E-state index in [-0.39, 0.29) is 23.2 Å². The Morgan fingerprint density at radius 1 is 0.818 bits per heavy atom. The molecule has 4 nitrogen and oxygen atoms in total. The molecule has 0 aliphatic carbocycles. The molecule has 0 spiro atoms. The molecule has 1 rings (SSSR count). The van der Waals surface area contributed by atoms with Gasteiger partial charge < -0.3 is 10.6 Å². The zero-order valence-electron chi connectivity index (χ0n) is 21.6. The number of rotatable bonds is 17. The second-order valence-electron chi connectivity index (χ2n) is 9.83. The highest BCUT2D eigenvalue weighted by atomic mass is 79.9. The Kier molecular flexibility index (Phi) is 15.4. The quantitative estimate of drug-likeness (QED) is 0.160. The summed E-state index contributed by atoms with van der Waals surface area (Å²) in [7, 11) is 0. The standard InChI is InChI=1S/C28H47BrN2O2/c1-6-7-8-9-10-11-12-13-14-15-19-25(29)28(33)30-20-26(32)31-27-23(21(2)3)17-16-18-24(27)22(4)5/h16-18,21-22,25H,6-15,19-20H2,1-5H3,(H,30,33)(H,31,32). The molecule has 0 aromatic heterocycles. The van der Waals surface area contributed by atoms with Gasteiger partial charge in [-0.1, -0.05) is 133 Å². The number of benzene rings is 1. The van der Waals surface area contributed by atoms with Crippen molar-refractivity contribution in [2.24, 2.45) is 0 Å². The van der Waals surface area contributed by atoms with Crippen LogP contribution in [0.15, 0.2) is 18.2 Å². The van der Waals surface area contributed by atoms with E-state index in [1.807, 2.05) is 6.07 Å². The number of para-hydroxylation sites is 1. The molecule has 0 saturated carbocycles. The van der Waals surface area contributed by atoms with Crippen molar-refractivity contribution in [3.63, 3.8) is 0 Å². The molecule has 0 radical (unpaired) electrons. The van der Waals surface area contributed by atoms with E-state index in [1.165, 1.54) is 51.4 Å². The molecule has 1 aromatic carbocycles. The summed E-state index contributed by atoms with van der Waals surface area (Å²) in [6.07, 6.45) is 13.6. The van der Waals surface area contributed by atoms with Crippen molar-refractivity contribution in [3.8, 4) is 0 Å². The fourth-order valence-electron chi connectivity index (χ4n) is 4.10. The number of nitrogens with one attached hydrogen (secondary N) is 2. The fourth-order valence-corrected chi connectivity index (χ4v) is 4.58. The zero-order chi connectivity index (χ0) is 24.6. The molecule has 1 unspecified atom stereocenters. The number of amides is 2. The van der Waals surface area contributed by atoms with Gasteiger partial charge in [0.15, 0.2) is 0 Å². The summed E-state index contributed by atoms with van der Waals surface area (Å²) in [6, 6.07) is 6.17. The molecular formula is C28H47BrN2O2. The second kappa shape index (κ2) is 17.1. The third-order valence-electron chi connectivity index (χ3n) is 6.16. The summed E-state index contributed by atoms with van der Waals surface area (Å²) in [5.41, 5.74) is 3.14. The minimum absolute atomic E-state index is 0.0110. The smallest absolute Gasteiger partial charge is 0.243 e. The second-order valence-corrected chi connectivity index (χ2v) is 10.9. The van der Waals surface area contributed by atoms with Crippen LogP contribution in [0.2, 0.25) is 0 Å². The van der Waals surface area contributed by atoms with E-state index in [0.29, 0.717) is 11.8 Å². The van der Waals surface area contributed by atoms with Gasteiger partial charge >= 0.3 is 0 Å². The van der Waals surface area contributed by atoms with Crippen molar-refractivity contribution in [1.82, 2.24) is 5.32 Å². The van der Waals surface area contributed by atoms with Crippen molar-refractivity contribution in [2.45, 2.75) is 122 Å². The molecule has 33 heavy (non-hydrogen) atoms. The van der Waals surface area contributed by atoms with Gasteiger partial charge in [0.1, 0.15) is 0 Å². The van der Waals surface area contributed by atoms with E-state index >= 15 is 0 Å². The lowest BCUT2D eigenvalue weighted by molar-refractivity contribution is -0.123. The van der Waals surface area contributed by atoms with Crippen LogP contribution in [0, 0.1) is 0 Å². The maximum Gasteiger partial charge on any atom is 0.243 e. The highest BCUT2D eigenvalue weighted by Gasteiger charge is 2.18. The molecule has 0 saturated heterocycles. The lowest BCUT2D eigenvalue weighted by Gasteiger charge is -2.20. The van der Waals surface area contributed by atoms with Crippen LogP contribution in [0.1, 0.15) is 128 Å². The number of hydrogen-bond acceptors (Lipinski definition) is 2. The number of carbonyl (C=O) groups is 2. The minimum Gasteiger partial charge on any atom is -0.346 e. The van der Waals surface area contributed by atoms with Gasteiger partial charge in [-0.2, -0.15) is 0 Å². The third kappa shape index (κ3) is 12.1. The first kappa shape index (κ1) is 29.7. The highest BCUT2D eigenvalue weighted by molar-refractivity contribution is 9.10. The van der Waals surface area contributed by atoms with Crippen LogP contribution in [-0.4, -0.2) is 23.2 Å². The molecule has 2 N–H and O–H groups in total. The molecule has 0 aliphatic heterocycles. The topological polar surface area (TPSA) is 58.2 Å². The lowest BCUT2D eigenvalue weighted by atomic mass is 9.92. The summed E-state index contributed by atoms with van der Waals surface area (Å²) in [6.45, 7) is 10.7. The van der Waals surface area contributed by atoms with Crippen LogP contribution >= 0.6 is 15.9 Å². The molecule has 1 aromatic rings. The molecule has 0 bridgehead atoms. The first-order valence-electron chi connectivity index (χ1n) is 13.1. The number of hydrogen-bond donors (Lipinski definition) is 2. The largest absolute Gasteiger partial charge is 0.346 e. The van der Waals surface area contributed by atoms with Crippen LogP contribution < -0.4 is 10.6 Å². The molecule has 1 atom stereocenters. The number of anilines is 1. The van der Waals surface area contributed by atoms with Gasteiger partial charge in [-0.25, -0.2) is 0 Å². The van der Waals surface area contributed by atoms with Crippen molar-refractivity contribution in [1.29, 1.82) is 0 Å². The van der Waals surface area contributed by atoms with Crippen LogP contribution in [0.5, 0.6) is 0 Å². The van der Waals surface area contributed by atoms with Crippen LogP contribution in [-0.2, 0) is 9.59 Å². The lowest BCUT2D eigenvalue weighted by Crippen LogP contribution is -2.37. The molecule has 2 amide bonds. The van der Waals surface area contributed by atoms with Crippen molar-refractivity contribution in [3.05, 3.63) is 29.3 Å². The zero-order valence-corrected chi connectivity index (χ0v) is 23.2. The highest BCUT2D eigenvalue weighted by Crippen LogP contribution is 2.32. The molecule has 0 heterocycles. The summed E-state index contributed by atoms with van der Waals surface area (Å²) < 4.78 is 0. The van der Waals surface area contributed by atoms with Gasteiger partial charge in [0, 0.05) is 5.69 Å². The number of carbonyl (C=O) groups excluding carboxylic acids is 2. The predicted octanol–water partition coefficient (Wildman–Crippen LogP) is 8.06. The van der Waals surface area contributed by atoms with E-state index in [1.54, 1.807) is 0 Å². The SMILES string of the molecule is CCCCCCCCCCCCC(Br)C(=O)NCC(=O)Nc1c(C(C)C)cccc1C(C)C. The molecule has 0 aliphatic rings.